The Kier molecular flexibility index (Phi) is 11.5. The van der Waals surface area contributed by atoms with E-state index in [4.69, 9.17) is 8.85 Å². The Bertz CT molecular complexity index is 1610. The lowest BCUT2D eigenvalue weighted by atomic mass is 9.50. The molecule has 0 heterocycles. The smallest absolute Gasteiger partial charge is 0.192 e. The van der Waals surface area contributed by atoms with Crippen molar-refractivity contribution in [3.8, 4) is 0 Å². The molecule has 0 amide bonds. The summed E-state index contributed by atoms with van der Waals surface area (Å²) in [7, 11) is -7.41. The maximum Gasteiger partial charge on any atom is 0.192 e. The Hall–Kier alpha value is -0.996. The number of hydrogen-bond acceptors (Lipinski definition) is 4. The summed E-state index contributed by atoms with van der Waals surface area (Å²) < 4.78 is 43.3. The van der Waals surface area contributed by atoms with Crippen LogP contribution in [0.5, 0.6) is 0 Å². The molecule has 3 saturated carbocycles. The minimum atomic E-state index is -3.55. The van der Waals surface area contributed by atoms with Crippen LogP contribution in [0.3, 0.4) is 0 Å². The molecule has 3 fully saturated rings. The van der Waals surface area contributed by atoms with Gasteiger partial charge in [-0.05, 0) is 155 Å². The molecular formula is C45H76O4SSi2. The van der Waals surface area contributed by atoms with E-state index in [1.165, 1.54) is 25.7 Å². The van der Waals surface area contributed by atoms with Crippen molar-refractivity contribution >= 4 is 26.5 Å². The Morgan fingerprint density at radius 1 is 0.808 bits per heavy atom. The minimum Gasteiger partial charge on any atom is -0.414 e. The van der Waals surface area contributed by atoms with Crippen LogP contribution in [0.25, 0.3) is 0 Å². The first-order chi connectivity index (χ1) is 23.7. The zero-order valence-electron chi connectivity index (χ0n) is 35.9. The fourth-order valence-electron chi connectivity index (χ4n) is 10.7. The molecule has 0 saturated heterocycles. The van der Waals surface area contributed by atoms with E-state index < -0.39 is 37.3 Å². The summed E-state index contributed by atoms with van der Waals surface area (Å²) in [5, 5.41) is -0.131. The van der Waals surface area contributed by atoms with Gasteiger partial charge in [0, 0.05) is 6.10 Å². The molecule has 0 aliphatic heterocycles. The molecule has 52 heavy (non-hydrogen) atoms. The summed E-state index contributed by atoms with van der Waals surface area (Å²) in [6.45, 7) is 35.0. The fraction of sp³-hybridized carbons (Fsp3) is 0.778. The third kappa shape index (κ3) is 7.84. The molecule has 5 rings (SSSR count). The molecule has 4 nitrogen and oxygen atoms in total. The van der Waals surface area contributed by atoms with Gasteiger partial charge < -0.3 is 8.85 Å². The highest BCUT2D eigenvalue weighted by molar-refractivity contribution is 7.92. The van der Waals surface area contributed by atoms with Gasteiger partial charge in [-0.3, -0.25) is 0 Å². The Morgan fingerprint density at radius 3 is 2.02 bits per heavy atom. The van der Waals surface area contributed by atoms with Crippen molar-refractivity contribution in [2.75, 3.05) is 0 Å². The van der Waals surface area contributed by atoms with Crippen molar-refractivity contribution in [2.24, 2.45) is 34.5 Å². The molecule has 1 aromatic carbocycles. The van der Waals surface area contributed by atoms with Gasteiger partial charge in [-0.2, -0.15) is 0 Å². The average Bonchev–Trinajstić information content (AvgIpc) is 3.37. The van der Waals surface area contributed by atoms with E-state index in [1.807, 2.05) is 18.2 Å². The molecule has 2 unspecified atom stereocenters. The normalized spacial score (nSPS) is 31.5. The lowest BCUT2D eigenvalue weighted by Crippen LogP contribution is -2.50. The average molecular weight is 769 g/mol. The van der Waals surface area contributed by atoms with E-state index in [1.54, 1.807) is 23.3 Å². The van der Waals surface area contributed by atoms with Crippen molar-refractivity contribution in [3.05, 3.63) is 53.6 Å². The van der Waals surface area contributed by atoms with E-state index in [0.29, 0.717) is 35.2 Å². The molecule has 1 aromatic rings. The second kappa shape index (κ2) is 14.2. The maximum absolute atomic E-state index is 14.7. The van der Waals surface area contributed by atoms with E-state index in [2.05, 4.69) is 115 Å². The second-order valence-corrected chi connectivity index (χ2v) is 33.4. The van der Waals surface area contributed by atoms with Gasteiger partial charge in [-0.15, -0.1) is 0 Å². The first kappa shape index (κ1) is 42.2. The summed E-state index contributed by atoms with van der Waals surface area (Å²) in [6.07, 6.45) is 14.8. The quantitative estimate of drug-likeness (QED) is 0.210. The lowest BCUT2D eigenvalue weighted by Gasteiger charge is -2.56. The van der Waals surface area contributed by atoms with Crippen molar-refractivity contribution in [1.82, 2.24) is 0 Å². The SMILES string of the molecule is C[C@@H](C(CCC(C)(C)O[Si](C)(C)C(C)(C)C)S(=O)(=O)c1ccccc1)[C@H]1CC[C@H]2C3=CC=C4CC(O[Si](C)(C)C(C)(C)C)CC[C@]4(C)[C@H]3CC[C@]12C. The van der Waals surface area contributed by atoms with Crippen LogP contribution in [0.15, 0.2) is 58.5 Å². The molecule has 0 aromatic heterocycles. The third-order valence-electron chi connectivity index (χ3n) is 15.9. The molecular weight excluding hydrogens is 693 g/mol. The summed E-state index contributed by atoms with van der Waals surface area (Å²) in [5.41, 5.74) is 3.19. The number of benzene rings is 1. The predicted molar refractivity (Wildman–Crippen MR) is 225 cm³/mol. The molecule has 8 atom stereocenters. The van der Waals surface area contributed by atoms with Crippen LogP contribution in [0.4, 0.5) is 0 Å². The minimum absolute atomic E-state index is 0.0502. The van der Waals surface area contributed by atoms with Crippen LogP contribution < -0.4 is 0 Å². The van der Waals surface area contributed by atoms with Crippen molar-refractivity contribution < 1.29 is 17.3 Å². The number of sulfone groups is 1. The zero-order chi connectivity index (χ0) is 38.9. The molecule has 4 aliphatic carbocycles. The first-order valence-electron chi connectivity index (χ1n) is 20.7. The second-order valence-electron chi connectivity index (χ2n) is 21.8. The van der Waals surface area contributed by atoms with E-state index >= 15 is 0 Å². The molecule has 0 radical (unpaired) electrons. The van der Waals surface area contributed by atoms with E-state index in [-0.39, 0.29) is 26.8 Å². The first-order valence-corrected chi connectivity index (χ1v) is 28.1. The highest BCUT2D eigenvalue weighted by Crippen LogP contribution is 2.66. The van der Waals surface area contributed by atoms with Crippen LogP contribution in [-0.4, -0.2) is 42.0 Å². The van der Waals surface area contributed by atoms with Gasteiger partial charge in [-0.1, -0.05) is 104 Å². The topological polar surface area (TPSA) is 52.6 Å². The molecule has 0 bridgehead atoms. The molecule has 0 N–H and O–H groups in total. The van der Waals surface area contributed by atoms with E-state index in [9.17, 15) is 8.42 Å². The largest absolute Gasteiger partial charge is 0.414 e. The maximum atomic E-state index is 14.7. The van der Waals surface area contributed by atoms with Crippen molar-refractivity contribution in [3.63, 3.8) is 0 Å². The van der Waals surface area contributed by atoms with Crippen LogP contribution in [-0.2, 0) is 18.7 Å². The number of fused-ring (bicyclic) bond motifs is 5. The molecule has 0 spiro atoms. The van der Waals surface area contributed by atoms with Gasteiger partial charge in [0.2, 0.25) is 0 Å². The monoisotopic (exact) mass is 769 g/mol. The van der Waals surface area contributed by atoms with E-state index in [0.717, 1.165) is 25.7 Å². The van der Waals surface area contributed by atoms with Crippen molar-refractivity contribution in [1.29, 1.82) is 0 Å². The van der Waals surface area contributed by atoms with Gasteiger partial charge in [-0.25, -0.2) is 8.42 Å². The van der Waals surface area contributed by atoms with Crippen LogP contribution in [0, 0.1) is 34.5 Å². The van der Waals surface area contributed by atoms with Gasteiger partial charge in [0.15, 0.2) is 26.5 Å². The van der Waals surface area contributed by atoms with Gasteiger partial charge >= 0.3 is 0 Å². The summed E-state index contributed by atoms with van der Waals surface area (Å²) in [5.74, 6) is 1.52. The van der Waals surface area contributed by atoms with Crippen LogP contribution in [0.2, 0.25) is 36.3 Å². The zero-order valence-corrected chi connectivity index (χ0v) is 38.7. The number of allylic oxidation sites excluding steroid dienone is 3. The van der Waals surface area contributed by atoms with Crippen LogP contribution >= 0.6 is 0 Å². The number of rotatable bonds is 11. The Labute approximate surface area is 322 Å². The van der Waals surface area contributed by atoms with Gasteiger partial charge in [0.25, 0.3) is 0 Å². The Balaban J connectivity index is 1.40. The Morgan fingerprint density at radius 2 is 1.42 bits per heavy atom. The summed E-state index contributed by atoms with van der Waals surface area (Å²) in [6, 6.07) is 9.28. The summed E-state index contributed by atoms with van der Waals surface area (Å²) in [4.78, 5) is 0.465. The van der Waals surface area contributed by atoms with Gasteiger partial charge in [0.05, 0.1) is 15.7 Å². The molecule has 4 aliphatic rings. The number of hydrogen-bond donors (Lipinski definition) is 0. The fourth-order valence-corrected chi connectivity index (χ4v) is 15.9. The highest BCUT2D eigenvalue weighted by Gasteiger charge is 2.59. The predicted octanol–water partition coefficient (Wildman–Crippen LogP) is 12.9. The summed E-state index contributed by atoms with van der Waals surface area (Å²) >= 11 is 0. The third-order valence-corrected chi connectivity index (χ3v) is 27.5. The van der Waals surface area contributed by atoms with Gasteiger partial charge in [0.1, 0.15) is 0 Å². The lowest BCUT2D eigenvalue weighted by molar-refractivity contribution is 0.0328. The highest BCUT2D eigenvalue weighted by atomic mass is 32.2. The van der Waals surface area contributed by atoms with Crippen molar-refractivity contribution in [2.45, 2.75) is 192 Å². The van der Waals surface area contributed by atoms with Crippen LogP contribution in [0.1, 0.15) is 134 Å². The standard InChI is InChI=1S/C45H76O4SSi2/c1-32(40(50(46,47)35-19-17-16-18-20-35)27-28-43(8,9)49-52(14,15)42(5,6)7)37-23-24-38-36-22-21-33-31-34(48-51(12,13)41(2,3)4)25-29-44(33,10)39(36)26-30-45(37,38)11/h16-22,32,34,37-40H,23-31H2,1-15H3/t32-,34?,37-,38+,39+,40?,44+,45-/m1/s1. The molecule has 7 heteroatoms. The molecule has 294 valence electrons.